The molecule has 2 fully saturated rings. The molecule has 2 aliphatic heterocycles. The van der Waals surface area contributed by atoms with Gasteiger partial charge in [-0.05, 0) is 55.9 Å². The van der Waals surface area contributed by atoms with Crippen molar-refractivity contribution < 1.29 is 14.3 Å². The van der Waals surface area contributed by atoms with Crippen molar-refractivity contribution in [3.05, 3.63) is 28.8 Å². The Morgan fingerprint density at radius 2 is 1.88 bits per heavy atom. The first-order valence-corrected chi connectivity index (χ1v) is 9.48. The van der Waals surface area contributed by atoms with Gasteiger partial charge in [0, 0.05) is 30.1 Å². The molecular formula is C19H23ClN2O3. The minimum atomic E-state index is -0.149. The fourth-order valence-corrected chi connectivity index (χ4v) is 3.88. The minimum Gasteiger partial charge on any atom is -0.492 e. The summed E-state index contributed by atoms with van der Waals surface area (Å²) in [6, 6.07) is 5.77. The quantitative estimate of drug-likeness (QED) is 0.898. The summed E-state index contributed by atoms with van der Waals surface area (Å²) in [5.74, 6) is 1.26. The SMILES string of the molecule is O=C(NC1CCN(C(=O)[C@H]2COc3ccc(Cl)cc3C2)CC1)C1CC1. The fourth-order valence-electron chi connectivity index (χ4n) is 3.69. The summed E-state index contributed by atoms with van der Waals surface area (Å²) >= 11 is 6.05. The molecule has 0 aromatic heterocycles. The topological polar surface area (TPSA) is 58.6 Å². The Bertz CT molecular complexity index is 681. The molecular weight excluding hydrogens is 340 g/mol. The number of fused-ring (bicyclic) bond motifs is 1. The number of nitrogens with zero attached hydrogens (tertiary/aromatic N) is 1. The standard InChI is InChI=1S/C19H23ClN2O3/c20-15-3-4-17-13(10-15)9-14(11-25-17)19(24)22-7-5-16(6-8-22)21-18(23)12-1-2-12/h3-4,10,12,14,16H,1-2,5-9,11H2,(H,21,23)/t14-/m1/s1. The molecule has 0 radical (unpaired) electrons. The Kier molecular flexibility index (Phi) is 4.59. The number of amides is 2. The van der Waals surface area contributed by atoms with Crippen LogP contribution in [-0.2, 0) is 16.0 Å². The van der Waals surface area contributed by atoms with Crippen molar-refractivity contribution >= 4 is 23.4 Å². The van der Waals surface area contributed by atoms with Gasteiger partial charge in [-0.15, -0.1) is 0 Å². The van der Waals surface area contributed by atoms with Gasteiger partial charge in [0.05, 0.1) is 5.92 Å². The second kappa shape index (κ2) is 6.87. The molecule has 134 valence electrons. The van der Waals surface area contributed by atoms with Gasteiger partial charge in [-0.25, -0.2) is 0 Å². The molecule has 2 heterocycles. The van der Waals surface area contributed by atoms with Crippen molar-refractivity contribution in [2.24, 2.45) is 11.8 Å². The van der Waals surface area contributed by atoms with Crippen LogP contribution in [0.4, 0.5) is 0 Å². The summed E-state index contributed by atoms with van der Waals surface area (Å²) < 4.78 is 5.75. The van der Waals surface area contributed by atoms with Crippen molar-refractivity contribution in [2.75, 3.05) is 19.7 Å². The highest BCUT2D eigenvalue weighted by Gasteiger charge is 2.34. The summed E-state index contributed by atoms with van der Waals surface area (Å²) in [5, 5.41) is 3.79. The Hall–Kier alpha value is -1.75. The molecule has 25 heavy (non-hydrogen) atoms. The van der Waals surface area contributed by atoms with E-state index in [1.54, 1.807) is 0 Å². The van der Waals surface area contributed by atoms with Crippen LogP contribution >= 0.6 is 11.6 Å². The summed E-state index contributed by atoms with van der Waals surface area (Å²) in [7, 11) is 0. The first-order chi connectivity index (χ1) is 12.1. The fraction of sp³-hybridized carbons (Fsp3) is 0.579. The first-order valence-electron chi connectivity index (χ1n) is 9.10. The molecule has 0 spiro atoms. The Balaban J connectivity index is 1.31. The third-order valence-electron chi connectivity index (χ3n) is 5.38. The second-order valence-electron chi connectivity index (χ2n) is 7.35. The molecule has 6 heteroatoms. The Morgan fingerprint density at radius 1 is 1.12 bits per heavy atom. The van der Waals surface area contributed by atoms with E-state index in [-0.39, 0.29) is 29.7 Å². The number of likely N-dealkylation sites (tertiary alicyclic amines) is 1. The van der Waals surface area contributed by atoms with E-state index in [0.29, 0.717) is 31.1 Å². The summed E-state index contributed by atoms with van der Waals surface area (Å²) in [6.45, 7) is 1.83. The van der Waals surface area contributed by atoms with Crippen LogP contribution in [0.15, 0.2) is 18.2 Å². The maximum absolute atomic E-state index is 12.8. The van der Waals surface area contributed by atoms with Gasteiger partial charge < -0.3 is 15.0 Å². The number of piperidine rings is 1. The van der Waals surface area contributed by atoms with E-state index in [1.165, 1.54) is 0 Å². The molecule has 1 N–H and O–H groups in total. The minimum absolute atomic E-state index is 0.149. The number of halogens is 1. The normalized spacial score (nSPS) is 23.6. The molecule has 1 saturated heterocycles. The van der Waals surface area contributed by atoms with E-state index in [1.807, 2.05) is 23.1 Å². The zero-order valence-electron chi connectivity index (χ0n) is 14.2. The van der Waals surface area contributed by atoms with Gasteiger partial charge in [0.15, 0.2) is 0 Å². The Morgan fingerprint density at radius 3 is 2.60 bits per heavy atom. The van der Waals surface area contributed by atoms with Gasteiger partial charge in [-0.2, -0.15) is 0 Å². The van der Waals surface area contributed by atoms with Crippen LogP contribution in [0.5, 0.6) is 5.75 Å². The maximum atomic E-state index is 12.8. The Labute approximate surface area is 152 Å². The van der Waals surface area contributed by atoms with Crippen molar-refractivity contribution in [3.8, 4) is 5.75 Å². The van der Waals surface area contributed by atoms with E-state index in [2.05, 4.69) is 5.32 Å². The lowest BCUT2D eigenvalue weighted by Gasteiger charge is -2.35. The lowest BCUT2D eigenvalue weighted by molar-refractivity contribution is -0.138. The van der Waals surface area contributed by atoms with E-state index in [4.69, 9.17) is 16.3 Å². The van der Waals surface area contributed by atoms with Crippen LogP contribution < -0.4 is 10.1 Å². The molecule has 2 amide bonds. The number of hydrogen-bond acceptors (Lipinski definition) is 3. The smallest absolute Gasteiger partial charge is 0.229 e. The summed E-state index contributed by atoms with van der Waals surface area (Å²) in [6.07, 6.45) is 4.39. The molecule has 1 atom stereocenters. The zero-order chi connectivity index (χ0) is 17.4. The highest BCUT2D eigenvalue weighted by molar-refractivity contribution is 6.30. The van der Waals surface area contributed by atoms with Crippen LogP contribution in [0, 0.1) is 11.8 Å². The average Bonchev–Trinajstić information content (AvgIpc) is 3.46. The molecule has 1 aromatic rings. The maximum Gasteiger partial charge on any atom is 0.229 e. The molecule has 0 bridgehead atoms. The summed E-state index contributed by atoms with van der Waals surface area (Å²) in [4.78, 5) is 26.6. The van der Waals surface area contributed by atoms with E-state index in [0.717, 1.165) is 37.0 Å². The van der Waals surface area contributed by atoms with Crippen molar-refractivity contribution in [1.82, 2.24) is 10.2 Å². The van der Waals surface area contributed by atoms with Crippen LogP contribution in [0.25, 0.3) is 0 Å². The number of nitrogens with one attached hydrogen (secondary N) is 1. The molecule has 1 aromatic carbocycles. The van der Waals surface area contributed by atoms with Crippen LogP contribution in [-0.4, -0.2) is 42.5 Å². The van der Waals surface area contributed by atoms with Crippen LogP contribution in [0.3, 0.4) is 0 Å². The van der Waals surface area contributed by atoms with Crippen molar-refractivity contribution in [3.63, 3.8) is 0 Å². The molecule has 3 aliphatic rings. The largest absolute Gasteiger partial charge is 0.492 e. The predicted octanol–water partition coefficient (Wildman–Crippen LogP) is 2.41. The van der Waals surface area contributed by atoms with Crippen LogP contribution in [0.1, 0.15) is 31.2 Å². The van der Waals surface area contributed by atoms with Crippen LogP contribution in [0.2, 0.25) is 5.02 Å². The summed E-state index contributed by atoms with van der Waals surface area (Å²) in [5.41, 5.74) is 1.00. The third kappa shape index (κ3) is 3.76. The predicted molar refractivity (Wildman–Crippen MR) is 94.6 cm³/mol. The second-order valence-corrected chi connectivity index (χ2v) is 7.78. The van der Waals surface area contributed by atoms with Gasteiger partial charge in [0.2, 0.25) is 11.8 Å². The van der Waals surface area contributed by atoms with E-state index >= 15 is 0 Å². The molecule has 0 unspecified atom stereocenters. The third-order valence-corrected chi connectivity index (χ3v) is 5.61. The molecule has 4 rings (SSSR count). The van der Waals surface area contributed by atoms with Crippen molar-refractivity contribution in [1.29, 1.82) is 0 Å². The lowest BCUT2D eigenvalue weighted by Crippen LogP contribution is -2.49. The highest BCUT2D eigenvalue weighted by Crippen LogP contribution is 2.31. The van der Waals surface area contributed by atoms with Gasteiger partial charge in [0.1, 0.15) is 12.4 Å². The number of carbonyl (C=O) groups excluding carboxylic acids is 2. The number of carbonyl (C=O) groups is 2. The monoisotopic (exact) mass is 362 g/mol. The van der Waals surface area contributed by atoms with Gasteiger partial charge in [-0.3, -0.25) is 9.59 Å². The van der Waals surface area contributed by atoms with Gasteiger partial charge >= 0.3 is 0 Å². The van der Waals surface area contributed by atoms with Gasteiger partial charge in [0.25, 0.3) is 0 Å². The molecule has 5 nitrogen and oxygen atoms in total. The first kappa shape index (κ1) is 16.7. The lowest BCUT2D eigenvalue weighted by atomic mass is 9.94. The van der Waals surface area contributed by atoms with E-state index < -0.39 is 0 Å². The van der Waals surface area contributed by atoms with Gasteiger partial charge in [-0.1, -0.05) is 11.6 Å². The molecule has 1 saturated carbocycles. The molecule has 1 aliphatic carbocycles. The number of rotatable bonds is 3. The highest BCUT2D eigenvalue weighted by atomic mass is 35.5. The number of ether oxygens (including phenoxy) is 1. The number of hydrogen-bond donors (Lipinski definition) is 1. The zero-order valence-corrected chi connectivity index (χ0v) is 14.9. The number of benzene rings is 1. The van der Waals surface area contributed by atoms with Crippen molar-refractivity contribution in [2.45, 2.75) is 38.1 Å². The average molecular weight is 363 g/mol. The van der Waals surface area contributed by atoms with E-state index in [9.17, 15) is 9.59 Å².